The third-order valence-corrected chi connectivity index (χ3v) is 2.93. The molecule has 1 aromatic rings. The molecule has 0 aliphatic rings. The number of rotatable bonds is 7. The van der Waals surface area contributed by atoms with E-state index in [9.17, 15) is 18.0 Å². The Morgan fingerprint density at radius 3 is 2.48 bits per heavy atom. The number of hydrogen-bond donors (Lipinski definition) is 2. The Kier molecular flexibility index (Phi) is 8.39. The fourth-order valence-corrected chi connectivity index (χ4v) is 2.02. The number of halogens is 4. The molecule has 0 radical (unpaired) electrons. The van der Waals surface area contributed by atoms with E-state index >= 15 is 0 Å². The average molecular weight is 359 g/mol. The summed E-state index contributed by atoms with van der Waals surface area (Å²) in [5.74, 6) is 0.00383. The molecule has 1 aromatic heterocycles. The summed E-state index contributed by atoms with van der Waals surface area (Å²) in [5.41, 5.74) is 1.62. The lowest BCUT2D eigenvalue weighted by atomic mass is 10.1. The van der Waals surface area contributed by atoms with Gasteiger partial charge in [-0.25, -0.2) is 4.68 Å². The van der Waals surface area contributed by atoms with Gasteiger partial charge in [0.05, 0.1) is 24.9 Å². The molecule has 0 aromatic carbocycles. The van der Waals surface area contributed by atoms with E-state index in [1.165, 1.54) is 7.11 Å². The molecule has 0 unspecified atom stereocenters. The van der Waals surface area contributed by atoms with E-state index < -0.39 is 18.6 Å². The predicted molar refractivity (Wildman–Crippen MR) is 81.9 cm³/mol. The molecule has 1 heterocycles. The molecule has 0 bridgehead atoms. The van der Waals surface area contributed by atoms with Crippen molar-refractivity contribution in [3.8, 4) is 5.88 Å². The molecule has 134 valence electrons. The number of methoxy groups -OCH3 is 1. The molecule has 2 N–H and O–H groups in total. The molecule has 0 aliphatic carbocycles. The van der Waals surface area contributed by atoms with Gasteiger partial charge in [0, 0.05) is 13.6 Å². The number of amides is 1. The summed E-state index contributed by atoms with van der Waals surface area (Å²) in [6.45, 7) is 2.68. The molecule has 0 atom stereocenters. The van der Waals surface area contributed by atoms with Crippen molar-refractivity contribution < 1.29 is 22.7 Å². The second-order valence-electron chi connectivity index (χ2n) is 5.15. The fourth-order valence-electron chi connectivity index (χ4n) is 2.02. The van der Waals surface area contributed by atoms with E-state index in [0.29, 0.717) is 5.88 Å². The number of aromatic nitrogens is 2. The van der Waals surface area contributed by atoms with Crippen molar-refractivity contribution in [2.75, 3.05) is 20.2 Å². The van der Waals surface area contributed by atoms with Gasteiger partial charge in [-0.2, -0.15) is 18.3 Å². The van der Waals surface area contributed by atoms with Crippen molar-refractivity contribution in [3.05, 3.63) is 11.3 Å². The highest BCUT2D eigenvalue weighted by molar-refractivity contribution is 5.85. The Morgan fingerprint density at radius 1 is 1.39 bits per heavy atom. The largest absolute Gasteiger partial charge is 0.481 e. The number of carbonyl (C=O) groups is 1. The number of alkyl halides is 3. The molecule has 0 saturated heterocycles. The van der Waals surface area contributed by atoms with Gasteiger partial charge in [-0.1, -0.05) is 13.8 Å². The normalized spacial score (nSPS) is 11.3. The van der Waals surface area contributed by atoms with Crippen LogP contribution in [0.5, 0.6) is 5.88 Å². The number of ether oxygens (including phenoxy) is 1. The lowest BCUT2D eigenvalue weighted by Gasteiger charge is -2.10. The highest BCUT2D eigenvalue weighted by Crippen LogP contribution is 2.26. The van der Waals surface area contributed by atoms with Gasteiger partial charge in [-0.15, -0.1) is 12.4 Å². The van der Waals surface area contributed by atoms with Crippen molar-refractivity contribution in [3.63, 3.8) is 0 Å². The van der Waals surface area contributed by atoms with Crippen molar-refractivity contribution in [2.24, 2.45) is 7.05 Å². The molecule has 10 heteroatoms. The van der Waals surface area contributed by atoms with Crippen LogP contribution in [0.1, 0.15) is 31.0 Å². The van der Waals surface area contributed by atoms with E-state index in [1.807, 2.05) is 13.8 Å². The lowest BCUT2D eigenvalue weighted by molar-refractivity contribution is -0.137. The van der Waals surface area contributed by atoms with Gasteiger partial charge >= 0.3 is 6.18 Å². The number of nitrogens with zero attached hydrogens (tertiary/aromatic N) is 2. The van der Waals surface area contributed by atoms with Crippen molar-refractivity contribution >= 4 is 18.3 Å². The first-order chi connectivity index (χ1) is 10.2. The third kappa shape index (κ3) is 6.66. The Bertz CT molecular complexity index is 518. The minimum Gasteiger partial charge on any atom is -0.481 e. The molecule has 0 fully saturated rings. The smallest absolute Gasteiger partial charge is 0.405 e. The maximum atomic E-state index is 12.0. The second-order valence-corrected chi connectivity index (χ2v) is 5.15. The van der Waals surface area contributed by atoms with Gasteiger partial charge in [-0.05, 0) is 5.92 Å². The van der Waals surface area contributed by atoms with Crippen LogP contribution in [-0.4, -0.2) is 42.1 Å². The Morgan fingerprint density at radius 2 is 2.00 bits per heavy atom. The summed E-state index contributed by atoms with van der Waals surface area (Å²) >= 11 is 0. The van der Waals surface area contributed by atoms with Crippen molar-refractivity contribution in [1.82, 2.24) is 20.4 Å². The topological polar surface area (TPSA) is 68.2 Å². The van der Waals surface area contributed by atoms with Crippen LogP contribution >= 0.6 is 12.4 Å². The number of nitrogens with one attached hydrogen (secondary N) is 2. The molecule has 0 saturated carbocycles. The van der Waals surface area contributed by atoms with Crippen LogP contribution < -0.4 is 15.4 Å². The van der Waals surface area contributed by atoms with Crippen molar-refractivity contribution in [1.29, 1.82) is 0 Å². The molecule has 0 aliphatic heterocycles. The first-order valence-corrected chi connectivity index (χ1v) is 6.79. The van der Waals surface area contributed by atoms with Crippen LogP contribution in [0.4, 0.5) is 13.2 Å². The third-order valence-electron chi connectivity index (χ3n) is 2.93. The van der Waals surface area contributed by atoms with Crippen LogP contribution in [0.3, 0.4) is 0 Å². The highest BCUT2D eigenvalue weighted by Gasteiger charge is 2.27. The fraction of sp³-hybridized carbons (Fsp3) is 0.692. The zero-order chi connectivity index (χ0) is 16.9. The maximum Gasteiger partial charge on any atom is 0.405 e. The number of hydrogen-bond acceptors (Lipinski definition) is 4. The number of carbonyl (C=O) groups excluding carboxylic acids is 1. The standard InChI is InChI=1S/C13H21F3N4O2.ClH/c1-8(2)11-9(12(22-4)20(3)19-11)5-17-6-10(21)18-7-13(14,15)16;/h8,17H,5-7H2,1-4H3,(H,18,21);1H. The van der Waals surface area contributed by atoms with Crippen molar-refractivity contribution in [2.45, 2.75) is 32.5 Å². The zero-order valence-electron chi connectivity index (χ0n) is 13.5. The van der Waals surface area contributed by atoms with Crippen LogP contribution in [0.15, 0.2) is 0 Å². The molecular weight excluding hydrogens is 337 g/mol. The van der Waals surface area contributed by atoms with Gasteiger partial charge in [-0.3, -0.25) is 4.79 Å². The minimum atomic E-state index is -4.41. The van der Waals surface area contributed by atoms with E-state index in [1.54, 1.807) is 17.0 Å². The van der Waals surface area contributed by atoms with Crippen LogP contribution in [0, 0.1) is 0 Å². The monoisotopic (exact) mass is 358 g/mol. The molecule has 6 nitrogen and oxygen atoms in total. The quantitative estimate of drug-likeness (QED) is 0.779. The summed E-state index contributed by atoms with van der Waals surface area (Å²) < 4.78 is 42.8. The van der Waals surface area contributed by atoms with E-state index in [0.717, 1.165) is 11.3 Å². The van der Waals surface area contributed by atoms with Gasteiger partial charge in [0.25, 0.3) is 0 Å². The van der Waals surface area contributed by atoms with E-state index in [4.69, 9.17) is 4.74 Å². The zero-order valence-corrected chi connectivity index (χ0v) is 14.3. The van der Waals surface area contributed by atoms with Crippen LogP contribution in [0.25, 0.3) is 0 Å². The maximum absolute atomic E-state index is 12.0. The molecule has 1 amide bonds. The van der Waals surface area contributed by atoms with E-state index in [2.05, 4.69) is 10.4 Å². The SMILES string of the molecule is COc1c(CNCC(=O)NCC(F)(F)F)c(C(C)C)nn1C.Cl. The highest BCUT2D eigenvalue weighted by atomic mass is 35.5. The Hall–Kier alpha value is -1.48. The van der Waals surface area contributed by atoms with E-state index in [-0.39, 0.29) is 31.4 Å². The minimum absolute atomic E-state index is 0. The first-order valence-electron chi connectivity index (χ1n) is 6.79. The summed E-state index contributed by atoms with van der Waals surface area (Å²) in [4.78, 5) is 11.3. The summed E-state index contributed by atoms with van der Waals surface area (Å²) in [6, 6.07) is 0. The predicted octanol–water partition coefficient (Wildman–Crippen LogP) is 1.74. The molecular formula is C13H22ClF3N4O2. The lowest BCUT2D eigenvalue weighted by Crippen LogP contribution is -2.39. The average Bonchev–Trinajstić information content (AvgIpc) is 2.72. The molecule has 0 spiro atoms. The van der Waals surface area contributed by atoms with Gasteiger partial charge in [0.15, 0.2) is 0 Å². The number of aryl methyl sites for hydroxylation is 1. The summed E-state index contributed by atoms with van der Waals surface area (Å²) in [5, 5.41) is 8.96. The molecule has 23 heavy (non-hydrogen) atoms. The van der Waals surface area contributed by atoms with Gasteiger partial charge in [0.2, 0.25) is 11.8 Å². The van der Waals surface area contributed by atoms with Gasteiger partial charge < -0.3 is 15.4 Å². The first kappa shape index (κ1) is 21.5. The van der Waals surface area contributed by atoms with Gasteiger partial charge in [0.1, 0.15) is 6.54 Å². The second kappa shape index (κ2) is 8.97. The molecule has 1 rings (SSSR count). The van der Waals surface area contributed by atoms with Crippen LogP contribution in [0.2, 0.25) is 0 Å². The Labute approximate surface area is 139 Å². The Balaban J connectivity index is 0.00000484. The summed E-state index contributed by atoms with van der Waals surface area (Å²) in [6.07, 6.45) is -4.41. The van der Waals surface area contributed by atoms with Crippen LogP contribution in [-0.2, 0) is 18.4 Å². The summed E-state index contributed by atoms with van der Waals surface area (Å²) in [7, 11) is 3.25.